The minimum Gasteiger partial charge on any atom is -0.298 e. The summed E-state index contributed by atoms with van der Waals surface area (Å²) in [5.74, 6) is 0. The number of carbonyl (C=O) groups excluding carboxylic acids is 1. The maximum atomic E-state index is 10.5. The number of aldehydes is 1. The third-order valence-corrected chi connectivity index (χ3v) is 2.43. The Morgan fingerprint density at radius 3 is 2.69 bits per heavy atom. The number of alkyl halides is 1. The zero-order valence-electron chi connectivity index (χ0n) is 6.57. The van der Waals surface area contributed by atoms with Gasteiger partial charge in [-0.05, 0) is 11.6 Å². The Morgan fingerprint density at radius 1 is 1.54 bits per heavy atom. The lowest BCUT2D eigenvalue weighted by molar-refractivity contribution is -0.384. The van der Waals surface area contributed by atoms with E-state index in [1.54, 1.807) is 0 Å². The van der Waals surface area contributed by atoms with Crippen LogP contribution in [0.4, 0.5) is 5.69 Å². The molecule has 0 bridgehead atoms. The highest BCUT2D eigenvalue weighted by Crippen LogP contribution is 2.18. The van der Waals surface area contributed by atoms with Gasteiger partial charge >= 0.3 is 0 Å². The van der Waals surface area contributed by atoms with Gasteiger partial charge in [0, 0.05) is 22.1 Å². The highest BCUT2D eigenvalue weighted by atomic mass is 127. The molecule has 5 heteroatoms. The van der Waals surface area contributed by atoms with Gasteiger partial charge in [-0.3, -0.25) is 14.9 Å². The second kappa shape index (κ2) is 4.31. The van der Waals surface area contributed by atoms with Gasteiger partial charge in [0.25, 0.3) is 5.69 Å². The Balaban J connectivity index is 3.20. The van der Waals surface area contributed by atoms with Gasteiger partial charge in [0.05, 0.1) is 4.92 Å². The van der Waals surface area contributed by atoms with Crippen molar-refractivity contribution in [1.29, 1.82) is 0 Å². The summed E-state index contributed by atoms with van der Waals surface area (Å²) in [4.78, 5) is 20.4. The zero-order valence-corrected chi connectivity index (χ0v) is 8.72. The van der Waals surface area contributed by atoms with Gasteiger partial charge in [0.1, 0.15) is 6.29 Å². The molecule has 1 rings (SSSR count). The molecule has 0 fully saturated rings. The van der Waals surface area contributed by atoms with E-state index in [9.17, 15) is 14.9 Å². The van der Waals surface area contributed by atoms with Crippen LogP contribution in [0.1, 0.15) is 15.9 Å². The van der Waals surface area contributed by atoms with Crippen LogP contribution in [0.2, 0.25) is 0 Å². The standard InChI is InChI=1S/C8H6INO3/c9-4-7-3-8(10(12)13)2-1-6(7)5-11/h1-3,5H,4H2. The summed E-state index contributed by atoms with van der Waals surface area (Å²) in [6, 6.07) is 4.23. The summed E-state index contributed by atoms with van der Waals surface area (Å²) < 4.78 is 0.591. The summed E-state index contributed by atoms with van der Waals surface area (Å²) in [6.45, 7) is 0. The number of non-ortho nitro benzene ring substituents is 1. The predicted molar refractivity (Wildman–Crippen MR) is 56.2 cm³/mol. The quantitative estimate of drug-likeness (QED) is 0.282. The van der Waals surface area contributed by atoms with Crippen molar-refractivity contribution in [3.63, 3.8) is 0 Å². The highest BCUT2D eigenvalue weighted by molar-refractivity contribution is 14.1. The van der Waals surface area contributed by atoms with E-state index in [4.69, 9.17) is 0 Å². The highest BCUT2D eigenvalue weighted by Gasteiger charge is 2.08. The van der Waals surface area contributed by atoms with Crippen molar-refractivity contribution in [1.82, 2.24) is 0 Å². The Kier molecular flexibility index (Phi) is 3.35. The third kappa shape index (κ3) is 2.24. The van der Waals surface area contributed by atoms with Gasteiger partial charge in [-0.1, -0.05) is 22.6 Å². The average molecular weight is 291 g/mol. The molecule has 0 aliphatic carbocycles. The number of halogens is 1. The molecule has 4 nitrogen and oxygen atoms in total. The van der Waals surface area contributed by atoms with Gasteiger partial charge in [-0.15, -0.1) is 0 Å². The van der Waals surface area contributed by atoms with Crippen LogP contribution in [0.25, 0.3) is 0 Å². The SMILES string of the molecule is O=Cc1ccc([N+](=O)[O-])cc1CI. The molecule has 0 amide bonds. The van der Waals surface area contributed by atoms with E-state index in [0.29, 0.717) is 21.8 Å². The number of benzene rings is 1. The Hall–Kier alpha value is -0.980. The molecular weight excluding hydrogens is 285 g/mol. The molecule has 0 N–H and O–H groups in total. The predicted octanol–water partition coefficient (Wildman–Crippen LogP) is 2.34. The Bertz CT molecular complexity index is 351. The van der Waals surface area contributed by atoms with Crippen LogP contribution in [-0.4, -0.2) is 11.2 Å². The number of hydrogen-bond acceptors (Lipinski definition) is 3. The summed E-state index contributed by atoms with van der Waals surface area (Å²) in [5, 5.41) is 10.4. The summed E-state index contributed by atoms with van der Waals surface area (Å²) in [7, 11) is 0. The van der Waals surface area contributed by atoms with Crippen LogP contribution in [-0.2, 0) is 4.43 Å². The molecule has 68 valence electrons. The van der Waals surface area contributed by atoms with Gasteiger partial charge < -0.3 is 0 Å². The molecule has 1 aromatic carbocycles. The molecule has 0 heterocycles. The van der Waals surface area contributed by atoms with E-state index in [-0.39, 0.29) is 5.69 Å². The first-order chi connectivity index (χ1) is 6.19. The monoisotopic (exact) mass is 291 g/mol. The number of nitro benzene ring substituents is 1. The minimum absolute atomic E-state index is 0.0252. The minimum atomic E-state index is -0.468. The van der Waals surface area contributed by atoms with Crippen molar-refractivity contribution in [3.8, 4) is 0 Å². The van der Waals surface area contributed by atoms with Crippen LogP contribution < -0.4 is 0 Å². The van der Waals surface area contributed by atoms with Crippen molar-refractivity contribution < 1.29 is 9.72 Å². The first kappa shape index (κ1) is 10.1. The fourth-order valence-corrected chi connectivity index (χ4v) is 1.60. The van der Waals surface area contributed by atoms with Crippen LogP contribution in [0.15, 0.2) is 18.2 Å². The topological polar surface area (TPSA) is 60.2 Å². The number of hydrogen-bond donors (Lipinski definition) is 0. The number of nitrogens with zero attached hydrogens (tertiary/aromatic N) is 1. The van der Waals surface area contributed by atoms with Gasteiger partial charge in [0.15, 0.2) is 0 Å². The van der Waals surface area contributed by atoms with E-state index in [1.807, 2.05) is 0 Å². The Morgan fingerprint density at radius 2 is 2.23 bits per heavy atom. The second-order valence-electron chi connectivity index (χ2n) is 2.39. The fraction of sp³-hybridized carbons (Fsp3) is 0.125. The van der Waals surface area contributed by atoms with E-state index in [1.165, 1.54) is 18.2 Å². The van der Waals surface area contributed by atoms with Gasteiger partial charge in [-0.25, -0.2) is 0 Å². The lowest BCUT2D eigenvalue weighted by Gasteiger charge is -1.99. The molecule has 0 unspecified atom stereocenters. The van der Waals surface area contributed by atoms with E-state index in [2.05, 4.69) is 22.6 Å². The van der Waals surface area contributed by atoms with Crippen molar-refractivity contribution in [2.24, 2.45) is 0 Å². The lowest BCUT2D eigenvalue weighted by Crippen LogP contribution is -1.93. The molecule has 0 spiro atoms. The summed E-state index contributed by atoms with van der Waals surface area (Å²) in [6.07, 6.45) is 0.706. The molecule has 0 aliphatic rings. The zero-order chi connectivity index (χ0) is 9.84. The molecule has 13 heavy (non-hydrogen) atoms. The molecule has 0 saturated heterocycles. The number of rotatable bonds is 3. The van der Waals surface area contributed by atoms with Crippen molar-refractivity contribution >= 4 is 34.6 Å². The van der Waals surface area contributed by atoms with Crippen molar-refractivity contribution in [3.05, 3.63) is 39.4 Å². The third-order valence-electron chi connectivity index (χ3n) is 1.61. The first-order valence-electron chi connectivity index (χ1n) is 3.47. The van der Waals surface area contributed by atoms with Crippen LogP contribution in [0, 0.1) is 10.1 Å². The van der Waals surface area contributed by atoms with Gasteiger partial charge in [-0.2, -0.15) is 0 Å². The van der Waals surface area contributed by atoms with Crippen molar-refractivity contribution in [2.45, 2.75) is 4.43 Å². The van der Waals surface area contributed by atoms with E-state index in [0.717, 1.165) is 0 Å². The van der Waals surface area contributed by atoms with Crippen LogP contribution in [0.3, 0.4) is 0 Å². The van der Waals surface area contributed by atoms with E-state index < -0.39 is 4.92 Å². The maximum Gasteiger partial charge on any atom is 0.269 e. The van der Waals surface area contributed by atoms with Crippen LogP contribution >= 0.6 is 22.6 Å². The maximum absolute atomic E-state index is 10.5. The fourth-order valence-electron chi connectivity index (χ4n) is 0.936. The van der Waals surface area contributed by atoms with Crippen molar-refractivity contribution in [2.75, 3.05) is 0 Å². The normalized spacial score (nSPS) is 9.62. The Labute approximate surface area is 88.2 Å². The molecule has 1 aromatic rings. The molecule has 0 saturated carbocycles. The largest absolute Gasteiger partial charge is 0.298 e. The first-order valence-corrected chi connectivity index (χ1v) is 5.00. The second-order valence-corrected chi connectivity index (χ2v) is 3.15. The smallest absolute Gasteiger partial charge is 0.269 e. The summed E-state index contributed by atoms with van der Waals surface area (Å²) >= 11 is 2.06. The van der Waals surface area contributed by atoms with E-state index >= 15 is 0 Å². The average Bonchev–Trinajstić information content (AvgIpc) is 2.16. The molecule has 0 radical (unpaired) electrons. The molecular formula is C8H6INO3. The lowest BCUT2D eigenvalue weighted by atomic mass is 10.1. The van der Waals surface area contributed by atoms with Crippen LogP contribution in [0.5, 0.6) is 0 Å². The van der Waals surface area contributed by atoms with Gasteiger partial charge in [0.2, 0.25) is 0 Å². The molecule has 0 atom stereocenters. The molecule has 0 aromatic heterocycles. The number of nitro groups is 1. The summed E-state index contributed by atoms with van der Waals surface area (Å²) in [5.41, 5.74) is 1.24. The number of carbonyl (C=O) groups is 1. The molecule has 0 aliphatic heterocycles.